The molecule has 0 aromatic heterocycles. The maximum atomic E-state index is 10.4. The minimum absolute atomic E-state index is 0. The van der Waals surface area contributed by atoms with Crippen molar-refractivity contribution in [1.29, 1.82) is 0 Å². The fourth-order valence-electron chi connectivity index (χ4n) is 1.78. The van der Waals surface area contributed by atoms with E-state index in [1.165, 1.54) is 0 Å². The first-order chi connectivity index (χ1) is 11.6. The second-order valence-corrected chi connectivity index (χ2v) is 5.55. The number of rotatable bonds is 10. The second kappa shape index (κ2) is 14.0. The van der Waals surface area contributed by atoms with Crippen molar-refractivity contribution in [3.63, 3.8) is 0 Å². The summed E-state index contributed by atoms with van der Waals surface area (Å²) in [6, 6.07) is 0. The molecule has 0 saturated carbocycles. The zero-order valence-corrected chi connectivity index (χ0v) is 14.8. The predicted octanol–water partition coefficient (Wildman–Crippen LogP) is -10.9. The molecule has 0 aromatic carbocycles. The molecule has 0 amide bonds. The van der Waals surface area contributed by atoms with Gasteiger partial charge in [0.1, 0.15) is 0 Å². The summed E-state index contributed by atoms with van der Waals surface area (Å²) in [4.78, 5) is 0. The first kappa shape index (κ1) is 31.6. The molecule has 0 saturated heterocycles. The summed E-state index contributed by atoms with van der Waals surface area (Å²) in [5.41, 5.74) is -5.16. The number of hydrogen-bond acceptors (Lipinski definition) is 14. The van der Waals surface area contributed by atoms with E-state index in [4.69, 9.17) is 40.9 Å². The van der Waals surface area contributed by atoms with Crippen molar-refractivity contribution in [1.82, 2.24) is 0 Å². The number of aliphatic hydroxyl groups excluding tert-OH is 6. The van der Waals surface area contributed by atoms with Crippen molar-refractivity contribution in [2.75, 3.05) is 0 Å². The maximum Gasteiger partial charge on any atom is 0.0777 e. The van der Waals surface area contributed by atoms with Crippen molar-refractivity contribution >= 4 is 0 Å². The monoisotopic (exact) mass is 446 g/mol. The van der Waals surface area contributed by atoms with Crippen LogP contribution in [0.5, 0.6) is 0 Å². The summed E-state index contributed by atoms with van der Waals surface area (Å²) in [6.45, 7) is 0. The molecule has 0 rings (SSSR count). The number of aliphatic hydroxyl groups is 8. The van der Waals surface area contributed by atoms with Gasteiger partial charge in [0.2, 0.25) is 0 Å². The molecule has 0 aliphatic heterocycles. The van der Waals surface area contributed by atoms with Gasteiger partial charge in [0.15, 0.2) is 0 Å². The van der Waals surface area contributed by atoms with E-state index in [-0.39, 0.29) is 17.1 Å². The van der Waals surface area contributed by atoms with Gasteiger partial charge < -0.3 is 71.5 Å². The zero-order chi connectivity index (χ0) is 21.3. The number of hydrogen-bond donors (Lipinski definition) is 8. The third-order valence-corrected chi connectivity index (χ3v) is 3.03. The van der Waals surface area contributed by atoms with E-state index in [1.807, 2.05) is 0 Å². The Morgan fingerprint density at radius 2 is 0.630 bits per heavy atom. The molecule has 15 heteroatoms. The zero-order valence-electron chi connectivity index (χ0n) is 13.7. The summed E-state index contributed by atoms with van der Waals surface area (Å²) in [6.07, 6.45) is -18.4. The SMILES string of the molecule is [Fe].[O-]C(O)CC(O)(CC([O-])O)C([O-])O.[O-]C(O)CC(O)(CC([O-])O)C([O-])O. The molecule has 0 radical (unpaired) electrons. The van der Waals surface area contributed by atoms with Crippen molar-refractivity contribution in [3.8, 4) is 0 Å². The largest absolute Gasteiger partial charge is 0.831 e. The molecule has 6 unspecified atom stereocenters. The molecule has 0 aliphatic carbocycles. The molecule has 0 bridgehead atoms. The van der Waals surface area contributed by atoms with Crippen molar-refractivity contribution in [2.45, 2.75) is 74.6 Å². The van der Waals surface area contributed by atoms with Gasteiger partial charge in [0.05, 0.1) is 11.2 Å². The van der Waals surface area contributed by atoms with Gasteiger partial charge >= 0.3 is 0 Å². The Bertz CT molecular complexity index is 308. The van der Waals surface area contributed by atoms with Gasteiger partial charge in [-0.05, 0) is 50.8 Å². The van der Waals surface area contributed by atoms with Crippen LogP contribution in [0.15, 0.2) is 0 Å². The standard InChI is InChI=1S/2C6H11O7.Fe/c2*7-3(8)1-6(13,5(11)12)2-4(9)10;/h2*3-5,7,9,11,13H,1-2H2;/q2*-3;. The van der Waals surface area contributed by atoms with E-state index >= 15 is 0 Å². The summed E-state index contributed by atoms with van der Waals surface area (Å²) >= 11 is 0. The topological polar surface area (TPSA) is 300 Å². The smallest absolute Gasteiger partial charge is 0.0777 e. The van der Waals surface area contributed by atoms with E-state index in [1.54, 1.807) is 0 Å². The van der Waals surface area contributed by atoms with Gasteiger partial charge in [-0.3, -0.25) is 0 Å². The molecular formula is C12H22FeO14-6. The first-order valence-electron chi connectivity index (χ1n) is 7.04. The van der Waals surface area contributed by atoms with Crippen LogP contribution < -0.4 is 30.6 Å². The van der Waals surface area contributed by atoms with E-state index < -0.39 is 74.6 Å². The van der Waals surface area contributed by atoms with Crippen molar-refractivity contribution < 1.29 is 88.6 Å². The third-order valence-electron chi connectivity index (χ3n) is 3.03. The van der Waals surface area contributed by atoms with Crippen molar-refractivity contribution in [2.24, 2.45) is 0 Å². The van der Waals surface area contributed by atoms with Crippen LogP contribution in [0.1, 0.15) is 25.7 Å². The summed E-state index contributed by atoms with van der Waals surface area (Å²) < 4.78 is 0. The molecule has 0 spiro atoms. The van der Waals surface area contributed by atoms with Gasteiger partial charge in [-0.25, -0.2) is 0 Å². The maximum absolute atomic E-state index is 10.4. The van der Waals surface area contributed by atoms with Crippen molar-refractivity contribution in [3.05, 3.63) is 0 Å². The van der Waals surface area contributed by atoms with Crippen LogP contribution in [0.3, 0.4) is 0 Å². The van der Waals surface area contributed by atoms with Crippen LogP contribution in [0.2, 0.25) is 0 Å². The Morgan fingerprint density at radius 3 is 0.704 bits per heavy atom. The summed E-state index contributed by atoms with van der Waals surface area (Å²) in [5, 5.41) is 130. The van der Waals surface area contributed by atoms with Gasteiger partial charge in [-0.1, -0.05) is 0 Å². The van der Waals surface area contributed by atoms with Crippen LogP contribution in [0.25, 0.3) is 0 Å². The summed E-state index contributed by atoms with van der Waals surface area (Å²) in [5.74, 6) is 0. The molecular weight excluding hydrogens is 424 g/mol. The van der Waals surface area contributed by atoms with E-state index in [2.05, 4.69) is 0 Å². The molecule has 6 atom stereocenters. The minimum Gasteiger partial charge on any atom is -0.831 e. The van der Waals surface area contributed by atoms with Crippen LogP contribution in [-0.2, 0) is 17.1 Å². The Morgan fingerprint density at radius 1 is 0.481 bits per heavy atom. The predicted molar refractivity (Wildman–Crippen MR) is 64.4 cm³/mol. The Hall–Kier alpha value is -0.0405. The molecule has 0 aliphatic rings. The van der Waals surface area contributed by atoms with Crippen LogP contribution in [-0.4, -0.2) is 89.8 Å². The fourth-order valence-corrected chi connectivity index (χ4v) is 1.78. The third kappa shape index (κ3) is 14.6. The normalized spacial score (nSPS) is 22.4. The average molecular weight is 446 g/mol. The average Bonchev–Trinajstić information content (AvgIpc) is 2.34. The van der Waals surface area contributed by atoms with Gasteiger partial charge in [0.25, 0.3) is 0 Å². The molecule has 8 N–H and O–H groups in total. The van der Waals surface area contributed by atoms with Gasteiger partial charge in [0, 0.05) is 29.6 Å². The Labute approximate surface area is 163 Å². The van der Waals surface area contributed by atoms with E-state index in [9.17, 15) is 30.6 Å². The first-order valence-corrected chi connectivity index (χ1v) is 7.04. The van der Waals surface area contributed by atoms with E-state index in [0.717, 1.165) is 0 Å². The molecule has 27 heavy (non-hydrogen) atoms. The quantitative estimate of drug-likeness (QED) is 0.114. The Balaban J connectivity index is -0.000000411. The van der Waals surface area contributed by atoms with E-state index in [0.29, 0.717) is 0 Å². The minimum atomic E-state index is -2.61. The van der Waals surface area contributed by atoms with Crippen LogP contribution >= 0.6 is 0 Å². The van der Waals surface area contributed by atoms with Gasteiger partial charge in [-0.2, -0.15) is 0 Å². The molecule has 0 fully saturated rings. The summed E-state index contributed by atoms with van der Waals surface area (Å²) in [7, 11) is 0. The molecule has 168 valence electrons. The molecule has 0 heterocycles. The molecule has 0 aromatic rings. The van der Waals surface area contributed by atoms with Gasteiger partial charge in [-0.15, -0.1) is 0 Å². The molecule has 14 nitrogen and oxygen atoms in total. The second-order valence-electron chi connectivity index (χ2n) is 5.55. The van der Waals surface area contributed by atoms with Crippen LogP contribution in [0, 0.1) is 0 Å². The Kier molecular flexibility index (Phi) is 16.4. The van der Waals surface area contributed by atoms with Crippen LogP contribution in [0.4, 0.5) is 0 Å². The fraction of sp³-hybridized carbons (Fsp3) is 1.00.